The van der Waals surface area contributed by atoms with Crippen molar-refractivity contribution in [3.05, 3.63) is 29.8 Å². The summed E-state index contributed by atoms with van der Waals surface area (Å²) in [4.78, 5) is 0.298. The van der Waals surface area contributed by atoms with Gasteiger partial charge in [-0.25, -0.2) is 13.1 Å². The van der Waals surface area contributed by atoms with Crippen molar-refractivity contribution in [2.45, 2.75) is 62.3 Å². The maximum Gasteiger partial charge on any atom is 0.240 e. The van der Waals surface area contributed by atoms with Gasteiger partial charge in [0.25, 0.3) is 0 Å². The molecule has 118 valence electrons. The predicted molar refractivity (Wildman–Crippen MR) is 83.8 cm³/mol. The number of rotatable bonds is 6. The number of benzene rings is 1. The Morgan fingerprint density at radius 1 is 1.19 bits per heavy atom. The van der Waals surface area contributed by atoms with Gasteiger partial charge in [0.1, 0.15) is 0 Å². The van der Waals surface area contributed by atoms with Crippen LogP contribution in [0.4, 0.5) is 0 Å². The zero-order valence-corrected chi connectivity index (χ0v) is 13.4. The van der Waals surface area contributed by atoms with E-state index in [0.717, 1.165) is 0 Å². The summed E-state index contributed by atoms with van der Waals surface area (Å²) >= 11 is 0. The van der Waals surface area contributed by atoms with Gasteiger partial charge in [-0.1, -0.05) is 31.4 Å². The molecule has 4 nitrogen and oxygen atoms in total. The minimum atomic E-state index is -3.49. The lowest BCUT2D eigenvalue weighted by Gasteiger charge is -2.22. The summed E-state index contributed by atoms with van der Waals surface area (Å²) < 4.78 is 27.0. The molecule has 0 spiro atoms. The molecule has 0 saturated heterocycles. The first kappa shape index (κ1) is 16.5. The van der Waals surface area contributed by atoms with E-state index in [1.54, 1.807) is 19.1 Å². The molecular weight excluding hydrogens is 286 g/mol. The summed E-state index contributed by atoms with van der Waals surface area (Å²) in [6.07, 6.45) is 6.68. The van der Waals surface area contributed by atoms with Crippen molar-refractivity contribution < 1.29 is 13.5 Å². The van der Waals surface area contributed by atoms with E-state index in [1.165, 1.54) is 37.7 Å². The van der Waals surface area contributed by atoms with Gasteiger partial charge in [0.15, 0.2) is 0 Å². The Labute approximate surface area is 127 Å². The van der Waals surface area contributed by atoms with Gasteiger partial charge in [-0.15, -0.1) is 0 Å². The molecule has 0 aliphatic heterocycles. The highest BCUT2D eigenvalue weighted by molar-refractivity contribution is 7.89. The molecule has 0 bridgehead atoms. The number of aliphatic hydroxyl groups is 1. The summed E-state index contributed by atoms with van der Waals surface area (Å²) in [6, 6.07) is 7.01. The number of sulfonamides is 1. The Hall–Kier alpha value is -0.910. The van der Waals surface area contributed by atoms with Crippen LogP contribution in [0.1, 0.15) is 56.9 Å². The highest BCUT2D eigenvalue weighted by Gasteiger charge is 2.19. The van der Waals surface area contributed by atoms with Crippen molar-refractivity contribution in [2.24, 2.45) is 0 Å². The van der Waals surface area contributed by atoms with Crippen LogP contribution in [0.2, 0.25) is 0 Å². The van der Waals surface area contributed by atoms with Crippen LogP contribution in [0.15, 0.2) is 29.2 Å². The first-order valence-corrected chi connectivity index (χ1v) is 9.24. The van der Waals surface area contributed by atoms with Crippen LogP contribution in [0, 0.1) is 0 Å². The Kier molecular flexibility index (Phi) is 5.79. The zero-order chi connectivity index (χ0) is 15.3. The SMILES string of the molecule is CC(CCO)NS(=O)(=O)c1ccc(C2CCCCC2)cc1. The van der Waals surface area contributed by atoms with E-state index in [9.17, 15) is 8.42 Å². The standard InChI is InChI=1S/C16H25NO3S/c1-13(11-12-18)17-21(19,20)16-9-7-15(8-10-16)14-5-3-2-4-6-14/h7-10,13-14,17-18H,2-6,11-12H2,1H3. The molecule has 2 N–H and O–H groups in total. The Morgan fingerprint density at radius 2 is 1.81 bits per heavy atom. The van der Waals surface area contributed by atoms with Crippen LogP contribution < -0.4 is 4.72 Å². The molecule has 21 heavy (non-hydrogen) atoms. The van der Waals surface area contributed by atoms with Crippen molar-refractivity contribution >= 4 is 10.0 Å². The van der Waals surface area contributed by atoms with Gasteiger partial charge < -0.3 is 5.11 Å². The highest BCUT2D eigenvalue weighted by atomic mass is 32.2. The average Bonchev–Trinajstić information content (AvgIpc) is 2.48. The second-order valence-corrected chi connectivity index (χ2v) is 7.65. The molecule has 0 aromatic heterocycles. The molecule has 0 radical (unpaired) electrons. The fourth-order valence-electron chi connectivity index (χ4n) is 2.94. The molecular formula is C16H25NO3S. The van der Waals surface area contributed by atoms with Gasteiger partial charge in [-0.3, -0.25) is 0 Å². The molecule has 1 aliphatic rings. The molecule has 5 heteroatoms. The van der Waals surface area contributed by atoms with Crippen molar-refractivity contribution in [1.29, 1.82) is 0 Å². The van der Waals surface area contributed by atoms with Gasteiger partial charge in [-0.2, -0.15) is 0 Å². The van der Waals surface area contributed by atoms with E-state index in [1.807, 2.05) is 12.1 Å². The van der Waals surface area contributed by atoms with Crippen LogP contribution in [0.5, 0.6) is 0 Å². The van der Waals surface area contributed by atoms with Crippen LogP contribution in [-0.4, -0.2) is 26.2 Å². The lowest BCUT2D eigenvalue weighted by Crippen LogP contribution is -2.33. The summed E-state index contributed by atoms with van der Waals surface area (Å²) in [6.45, 7) is 1.73. The molecule has 0 amide bonds. The van der Waals surface area contributed by atoms with E-state index in [4.69, 9.17) is 5.11 Å². The molecule has 1 atom stereocenters. The minimum Gasteiger partial charge on any atom is -0.396 e. The molecule has 1 aromatic carbocycles. The molecule has 1 aliphatic carbocycles. The molecule has 1 saturated carbocycles. The molecule has 1 aromatic rings. The monoisotopic (exact) mass is 311 g/mol. The Balaban J connectivity index is 2.06. The number of aliphatic hydroxyl groups excluding tert-OH is 1. The van der Waals surface area contributed by atoms with Crippen molar-refractivity contribution in [3.8, 4) is 0 Å². The van der Waals surface area contributed by atoms with Crippen LogP contribution in [-0.2, 0) is 10.0 Å². The predicted octanol–water partition coefficient (Wildman–Crippen LogP) is 2.78. The highest BCUT2D eigenvalue weighted by Crippen LogP contribution is 2.32. The second kappa shape index (κ2) is 7.38. The molecule has 2 rings (SSSR count). The van der Waals surface area contributed by atoms with Crippen LogP contribution >= 0.6 is 0 Å². The van der Waals surface area contributed by atoms with Gasteiger partial charge in [0.05, 0.1) is 4.90 Å². The smallest absolute Gasteiger partial charge is 0.240 e. The van der Waals surface area contributed by atoms with Gasteiger partial charge in [0, 0.05) is 12.6 Å². The third-order valence-electron chi connectivity index (χ3n) is 4.19. The normalized spacial score (nSPS) is 18.6. The molecule has 1 fully saturated rings. The lowest BCUT2D eigenvalue weighted by atomic mass is 9.84. The van der Waals surface area contributed by atoms with E-state index >= 15 is 0 Å². The van der Waals surface area contributed by atoms with E-state index in [0.29, 0.717) is 17.2 Å². The Bertz CT molecular complexity index is 533. The summed E-state index contributed by atoms with van der Waals surface area (Å²) in [7, 11) is -3.49. The van der Waals surface area contributed by atoms with E-state index < -0.39 is 10.0 Å². The van der Waals surface area contributed by atoms with E-state index in [2.05, 4.69) is 4.72 Å². The van der Waals surface area contributed by atoms with E-state index in [-0.39, 0.29) is 12.6 Å². The van der Waals surface area contributed by atoms with Gasteiger partial charge in [-0.05, 0) is 49.8 Å². The van der Waals surface area contributed by atoms with Crippen LogP contribution in [0.25, 0.3) is 0 Å². The summed E-state index contributed by atoms with van der Waals surface area (Å²) in [5.41, 5.74) is 1.25. The summed E-state index contributed by atoms with van der Waals surface area (Å²) in [5.74, 6) is 0.580. The fraction of sp³-hybridized carbons (Fsp3) is 0.625. The number of nitrogens with one attached hydrogen (secondary N) is 1. The second-order valence-electron chi connectivity index (χ2n) is 5.94. The maximum absolute atomic E-state index is 12.2. The number of hydrogen-bond acceptors (Lipinski definition) is 3. The first-order valence-electron chi connectivity index (χ1n) is 7.76. The van der Waals surface area contributed by atoms with Gasteiger partial charge in [0.2, 0.25) is 10.0 Å². The third-order valence-corrected chi connectivity index (χ3v) is 5.79. The maximum atomic E-state index is 12.2. The zero-order valence-electron chi connectivity index (χ0n) is 12.6. The topological polar surface area (TPSA) is 66.4 Å². The van der Waals surface area contributed by atoms with Crippen LogP contribution in [0.3, 0.4) is 0 Å². The average molecular weight is 311 g/mol. The third kappa shape index (κ3) is 4.53. The lowest BCUT2D eigenvalue weighted by molar-refractivity contribution is 0.275. The minimum absolute atomic E-state index is 0.0235. The molecule has 1 unspecified atom stereocenters. The fourth-order valence-corrected chi connectivity index (χ4v) is 4.22. The number of hydrogen-bond donors (Lipinski definition) is 2. The first-order chi connectivity index (χ1) is 10.0. The van der Waals surface area contributed by atoms with Gasteiger partial charge >= 0.3 is 0 Å². The Morgan fingerprint density at radius 3 is 2.38 bits per heavy atom. The van der Waals surface area contributed by atoms with Crippen molar-refractivity contribution in [1.82, 2.24) is 4.72 Å². The summed E-state index contributed by atoms with van der Waals surface area (Å²) in [5, 5.41) is 8.85. The quantitative estimate of drug-likeness (QED) is 0.849. The van der Waals surface area contributed by atoms with Crippen molar-refractivity contribution in [2.75, 3.05) is 6.61 Å². The molecule has 0 heterocycles. The van der Waals surface area contributed by atoms with Crippen molar-refractivity contribution in [3.63, 3.8) is 0 Å². The largest absolute Gasteiger partial charge is 0.396 e.